The molecular formula is C33H36F2O2. The van der Waals surface area contributed by atoms with Crippen molar-refractivity contribution < 1.29 is 18.3 Å². The molecule has 4 rings (SSSR count). The van der Waals surface area contributed by atoms with Gasteiger partial charge < -0.3 is 9.47 Å². The molecule has 1 aliphatic carbocycles. The molecule has 0 N–H and O–H groups in total. The Labute approximate surface area is 219 Å². The van der Waals surface area contributed by atoms with Gasteiger partial charge in [0, 0.05) is 24.2 Å². The molecule has 0 heterocycles. The largest absolute Gasteiger partial charge is 0.346 e. The number of benzene rings is 3. The van der Waals surface area contributed by atoms with Crippen molar-refractivity contribution in [2.24, 2.45) is 0 Å². The van der Waals surface area contributed by atoms with Gasteiger partial charge in [-0.25, -0.2) is 8.78 Å². The van der Waals surface area contributed by atoms with Crippen LogP contribution >= 0.6 is 0 Å². The summed E-state index contributed by atoms with van der Waals surface area (Å²) in [5.41, 5.74) is 3.86. The number of allylic oxidation sites excluding steroid dienone is 2. The van der Waals surface area contributed by atoms with Crippen molar-refractivity contribution in [3.63, 3.8) is 0 Å². The van der Waals surface area contributed by atoms with Crippen molar-refractivity contribution >= 4 is 5.57 Å². The van der Waals surface area contributed by atoms with Crippen LogP contribution in [0.5, 0.6) is 0 Å². The molecule has 3 aromatic rings. The minimum Gasteiger partial charge on any atom is -0.346 e. The summed E-state index contributed by atoms with van der Waals surface area (Å²) in [6, 6.07) is 20.8. The maximum Gasteiger partial charge on any atom is 0.191 e. The van der Waals surface area contributed by atoms with E-state index in [-0.39, 0.29) is 11.1 Å². The third kappa shape index (κ3) is 6.63. The molecule has 2 nitrogen and oxygen atoms in total. The summed E-state index contributed by atoms with van der Waals surface area (Å²) in [6.07, 6.45) is 11.7. The van der Waals surface area contributed by atoms with Crippen molar-refractivity contribution in [2.45, 2.75) is 58.2 Å². The Morgan fingerprint density at radius 2 is 1.35 bits per heavy atom. The van der Waals surface area contributed by atoms with Gasteiger partial charge in [0.2, 0.25) is 0 Å². The average molecular weight is 503 g/mol. The van der Waals surface area contributed by atoms with Gasteiger partial charge in [-0.15, -0.1) is 0 Å². The average Bonchev–Trinajstić information content (AvgIpc) is 2.94. The normalized spacial score (nSPS) is 17.1. The molecule has 0 aliphatic heterocycles. The SMILES string of the molecule is CCCCCCCOC1(OCC)C=CC(c2ccc(-c3ccc(-c4ccccc4)cc3)c(F)c2F)=CC1. The van der Waals surface area contributed by atoms with E-state index in [1.54, 1.807) is 18.2 Å². The Hall–Kier alpha value is -3.08. The van der Waals surface area contributed by atoms with E-state index in [2.05, 4.69) is 6.92 Å². The molecule has 0 radical (unpaired) electrons. The molecule has 37 heavy (non-hydrogen) atoms. The molecule has 0 saturated carbocycles. The van der Waals surface area contributed by atoms with E-state index in [9.17, 15) is 0 Å². The molecule has 1 atom stereocenters. The van der Waals surface area contributed by atoms with E-state index >= 15 is 8.78 Å². The highest BCUT2D eigenvalue weighted by molar-refractivity contribution is 5.78. The Balaban J connectivity index is 1.47. The van der Waals surface area contributed by atoms with Gasteiger partial charge in [0.15, 0.2) is 17.4 Å². The zero-order chi connectivity index (χ0) is 26.1. The fraction of sp³-hybridized carbons (Fsp3) is 0.333. The molecule has 0 bridgehead atoms. The highest BCUT2D eigenvalue weighted by Gasteiger charge is 2.30. The summed E-state index contributed by atoms with van der Waals surface area (Å²) in [4.78, 5) is 0. The van der Waals surface area contributed by atoms with E-state index in [4.69, 9.17) is 9.47 Å². The van der Waals surface area contributed by atoms with Gasteiger partial charge in [-0.05, 0) is 41.7 Å². The summed E-state index contributed by atoms with van der Waals surface area (Å²) >= 11 is 0. The topological polar surface area (TPSA) is 18.5 Å². The lowest BCUT2D eigenvalue weighted by Gasteiger charge is -2.32. The smallest absolute Gasteiger partial charge is 0.191 e. The lowest BCUT2D eigenvalue weighted by atomic mass is 9.93. The maximum atomic E-state index is 15.3. The first-order valence-electron chi connectivity index (χ1n) is 13.4. The van der Waals surface area contributed by atoms with Crippen LogP contribution in [0.15, 0.2) is 85.0 Å². The van der Waals surface area contributed by atoms with Crippen molar-refractivity contribution in [3.05, 3.63) is 102 Å². The van der Waals surface area contributed by atoms with Crippen LogP contribution in [0.3, 0.4) is 0 Å². The Morgan fingerprint density at radius 1 is 0.703 bits per heavy atom. The second-order valence-corrected chi connectivity index (χ2v) is 9.44. The molecular weight excluding hydrogens is 466 g/mol. The molecule has 194 valence electrons. The summed E-state index contributed by atoms with van der Waals surface area (Å²) in [5, 5.41) is 0. The van der Waals surface area contributed by atoms with Crippen LogP contribution in [-0.2, 0) is 9.47 Å². The molecule has 0 aromatic heterocycles. The monoisotopic (exact) mass is 502 g/mol. The Bertz CT molecular complexity index is 1220. The first-order valence-corrected chi connectivity index (χ1v) is 13.4. The van der Waals surface area contributed by atoms with Crippen LogP contribution < -0.4 is 0 Å². The number of hydrogen-bond donors (Lipinski definition) is 0. The van der Waals surface area contributed by atoms with Crippen LogP contribution in [0.2, 0.25) is 0 Å². The van der Waals surface area contributed by atoms with Crippen LogP contribution in [0.1, 0.15) is 57.9 Å². The lowest BCUT2D eigenvalue weighted by Crippen LogP contribution is -2.35. The Morgan fingerprint density at radius 3 is 2.03 bits per heavy atom. The van der Waals surface area contributed by atoms with Gasteiger partial charge in [-0.1, -0.05) is 111 Å². The van der Waals surface area contributed by atoms with Crippen molar-refractivity contribution in [1.82, 2.24) is 0 Å². The van der Waals surface area contributed by atoms with Crippen molar-refractivity contribution in [2.75, 3.05) is 13.2 Å². The number of hydrogen-bond acceptors (Lipinski definition) is 2. The third-order valence-electron chi connectivity index (χ3n) is 6.80. The van der Waals surface area contributed by atoms with Crippen LogP contribution in [0, 0.1) is 11.6 Å². The van der Waals surface area contributed by atoms with E-state index in [1.807, 2.05) is 73.7 Å². The quantitative estimate of drug-likeness (QED) is 0.181. The van der Waals surface area contributed by atoms with Gasteiger partial charge in [0.1, 0.15) is 0 Å². The second-order valence-electron chi connectivity index (χ2n) is 9.44. The number of rotatable bonds is 12. The zero-order valence-electron chi connectivity index (χ0n) is 21.8. The predicted molar refractivity (Wildman–Crippen MR) is 148 cm³/mol. The van der Waals surface area contributed by atoms with E-state index in [0.29, 0.717) is 30.8 Å². The molecule has 0 spiro atoms. The fourth-order valence-corrected chi connectivity index (χ4v) is 4.72. The molecule has 3 aromatic carbocycles. The molecule has 0 amide bonds. The third-order valence-corrected chi connectivity index (χ3v) is 6.80. The highest BCUT2D eigenvalue weighted by atomic mass is 19.2. The fourth-order valence-electron chi connectivity index (χ4n) is 4.72. The van der Waals surface area contributed by atoms with Gasteiger partial charge in [-0.3, -0.25) is 0 Å². The predicted octanol–water partition coefficient (Wildman–Crippen LogP) is 9.36. The summed E-state index contributed by atoms with van der Waals surface area (Å²) in [6.45, 7) is 5.24. The lowest BCUT2D eigenvalue weighted by molar-refractivity contribution is -0.200. The first-order chi connectivity index (χ1) is 18.1. The zero-order valence-corrected chi connectivity index (χ0v) is 21.8. The van der Waals surface area contributed by atoms with E-state index < -0.39 is 17.4 Å². The molecule has 0 saturated heterocycles. The van der Waals surface area contributed by atoms with Crippen LogP contribution in [-0.4, -0.2) is 19.0 Å². The second kappa shape index (κ2) is 12.9. The van der Waals surface area contributed by atoms with Gasteiger partial charge in [0.05, 0.1) is 6.61 Å². The van der Waals surface area contributed by atoms with E-state index in [0.717, 1.165) is 24.0 Å². The van der Waals surface area contributed by atoms with Crippen LogP contribution in [0.4, 0.5) is 8.78 Å². The molecule has 1 aliphatic rings. The number of ether oxygens (including phenoxy) is 2. The molecule has 1 unspecified atom stereocenters. The van der Waals surface area contributed by atoms with Crippen LogP contribution in [0.25, 0.3) is 27.8 Å². The van der Waals surface area contributed by atoms with Crippen molar-refractivity contribution in [1.29, 1.82) is 0 Å². The summed E-state index contributed by atoms with van der Waals surface area (Å²) in [5.74, 6) is -2.54. The highest BCUT2D eigenvalue weighted by Crippen LogP contribution is 2.35. The Kier molecular flexibility index (Phi) is 9.43. The minimum atomic E-state index is -0.849. The van der Waals surface area contributed by atoms with Gasteiger partial charge in [-0.2, -0.15) is 0 Å². The van der Waals surface area contributed by atoms with Crippen molar-refractivity contribution in [3.8, 4) is 22.3 Å². The van der Waals surface area contributed by atoms with E-state index in [1.165, 1.54) is 19.3 Å². The van der Waals surface area contributed by atoms with Gasteiger partial charge >= 0.3 is 0 Å². The minimum absolute atomic E-state index is 0.239. The number of unbranched alkanes of at least 4 members (excludes halogenated alkanes) is 4. The molecule has 4 heteroatoms. The summed E-state index contributed by atoms with van der Waals surface area (Å²) < 4.78 is 42.5. The first kappa shape index (κ1) is 27.0. The van der Waals surface area contributed by atoms with Gasteiger partial charge in [0.25, 0.3) is 0 Å². The molecule has 0 fully saturated rings. The standard InChI is InChI=1S/C33H36F2O2/c1-3-5-6-7-11-24-37-33(36-4-2)22-20-28(21-23-33)30-19-18-29(31(34)32(30)35)27-16-14-26(15-17-27)25-12-9-8-10-13-25/h8-10,12-22H,3-7,11,23-24H2,1-2H3. The summed E-state index contributed by atoms with van der Waals surface area (Å²) in [7, 11) is 0. The number of halogens is 2. The maximum absolute atomic E-state index is 15.3.